The van der Waals surface area contributed by atoms with Crippen LogP contribution in [0.15, 0.2) is 91.0 Å². The third kappa shape index (κ3) is 3.42. The summed E-state index contributed by atoms with van der Waals surface area (Å²) in [5, 5.41) is 2.48. The second-order valence-corrected chi connectivity index (χ2v) is 10.9. The Labute approximate surface area is 221 Å². The minimum absolute atomic E-state index is 0.0814. The Bertz CT molecular complexity index is 1980. The highest BCUT2D eigenvalue weighted by Gasteiger charge is 2.20. The molecule has 0 N–H and O–H groups in total. The number of para-hydroxylation sites is 3. The van der Waals surface area contributed by atoms with Gasteiger partial charge >= 0.3 is 0 Å². The normalized spacial score (nSPS) is 12.3. The Hall–Kier alpha value is -4.51. The Balaban J connectivity index is 1.53. The van der Waals surface area contributed by atoms with Gasteiger partial charge in [-0.05, 0) is 54.3 Å². The highest BCUT2D eigenvalue weighted by atomic mass is 15.2. The lowest BCUT2D eigenvalue weighted by atomic mass is 9.87. The molecular formula is C33H29N5. The van der Waals surface area contributed by atoms with Gasteiger partial charge in [-0.15, -0.1) is 0 Å². The fraction of sp³-hybridized carbons (Fsp3) is 0.182. The van der Waals surface area contributed by atoms with Gasteiger partial charge in [0.2, 0.25) is 0 Å². The molecule has 38 heavy (non-hydrogen) atoms. The molecule has 0 aliphatic carbocycles. The number of fused-ring (bicyclic) bond motifs is 5. The minimum atomic E-state index is 0.0814. The molecule has 0 amide bonds. The highest BCUT2D eigenvalue weighted by Crippen LogP contribution is 2.34. The van der Waals surface area contributed by atoms with Gasteiger partial charge in [0, 0.05) is 33.9 Å². The van der Waals surface area contributed by atoms with E-state index in [0.717, 1.165) is 40.3 Å². The fourth-order valence-corrected chi connectivity index (χ4v) is 5.54. The first kappa shape index (κ1) is 22.7. The molecule has 7 rings (SSSR count). The van der Waals surface area contributed by atoms with Crippen LogP contribution in [0.4, 0.5) is 0 Å². The maximum absolute atomic E-state index is 5.05. The van der Waals surface area contributed by atoms with Crippen molar-refractivity contribution in [3.05, 3.63) is 96.6 Å². The van der Waals surface area contributed by atoms with Crippen molar-refractivity contribution in [3.63, 3.8) is 0 Å². The molecule has 0 bridgehead atoms. The van der Waals surface area contributed by atoms with Gasteiger partial charge in [0.1, 0.15) is 5.82 Å². The van der Waals surface area contributed by atoms with Crippen molar-refractivity contribution in [2.45, 2.75) is 39.7 Å². The van der Waals surface area contributed by atoms with Crippen molar-refractivity contribution in [3.8, 4) is 17.1 Å². The lowest BCUT2D eigenvalue weighted by molar-refractivity contribution is 0.590. The van der Waals surface area contributed by atoms with Gasteiger partial charge in [0.25, 0.3) is 0 Å². The summed E-state index contributed by atoms with van der Waals surface area (Å²) in [6.45, 7) is 9.82. The second-order valence-electron chi connectivity index (χ2n) is 10.9. The predicted molar refractivity (Wildman–Crippen MR) is 157 cm³/mol. The van der Waals surface area contributed by atoms with Crippen LogP contribution in [0.2, 0.25) is 0 Å². The van der Waals surface area contributed by atoms with E-state index in [4.69, 9.17) is 15.0 Å². The number of aryl methyl sites for hydroxylation is 1. The van der Waals surface area contributed by atoms with Crippen LogP contribution in [0.3, 0.4) is 0 Å². The first-order chi connectivity index (χ1) is 18.4. The number of hydrogen-bond donors (Lipinski definition) is 0. The van der Waals surface area contributed by atoms with E-state index in [1.807, 2.05) is 24.3 Å². The molecule has 3 heterocycles. The minimum Gasteiger partial charge on any atom is -0.341 e. The van der Waals surface area contributed by atoms with Crippen LogP contribution >= 0.6 is 0 Å². The molecule has 0 atom stereocenters. The summed E-state index contributed by atoms with van der Waals surface area (Å²) >= 11 is 0. The molecule has 0 saturated heterocycles. The molecule has 0 fully saturated rings. The molecule has 0 spiro atoms. The molecule has 5 nitrogen and oxygen atoms in total. The van der Waals surface area contributed by atoms with Gasteiger partial charge in [0.05, 0.1) is 16.7 Å². The summed E-state index contributed by atoms with van der Waals surface area (Å²) in [5.74, 6) is 0.842. The van der Waals surface area contributed by atoms with E-state index in [-0.39, 0.29) is 5.41 Å². The number of aromatic nitrogens is 5. The average molecular weight is 496 g/mol. The van der Waals surface area contributed by atoms with Gasteiger partial charge in [0.15, 0.2) is 11.3 Å². The number of imidazole rings is 1. The zero-order chi connectivity index (χ0) is 26.0. The molecule has 4 aromatic carbocycles. The molecule has 0 saturated carbocycles. The number of benzene rings is 4. The van der Waals surface area contributed by atoms with Crippen LogP contribution in [0.5, 0.6) is 0 Å². The molecule has 5 heteroatoms. The van der Waals surface area contributed by atoms with Crippen molar-refractivity contribution in [1.82, 2.24) is 24.1 Å². The van der Waals surface area contributed by atoms with Crippen molar-refractivity contribution in [2.24, 2.45) is 0 Å². The summed E-state index contributed by atoms with van der Waals surface area (Å²) < 4.78 is 4.54. The van der Waals surface area contributed by atoms with E-state index >= 15 is 0 Å². The monoisotopic (exact) mass is 495 g/mol. The summed E-state index contributed by atoms with van der Waals surface area (Å²) in [4.78, 5) is 15.0. The van der Waals surface area contributed by atoms with Crippen molar-refractivity contribution >= 4 is 44.1 Å². The zero-order valence-corrected chi connectivity index (χ0v) is 22.1. The number of hydrogen-bond acceptors (Lipinski definition) is 3. The van der Waals surface area contributed by atoms with E-state index in [2.05, 4.69) is 104 Å². The topological polar surface area (TPSA) is 48.5 Å². The quantitative estimate of drug-likeness (QED) is 0.249. The summed E-state index contributed by atoms with van der Waals surface area (Å²) in [6.07, 6.45) is 0. The van der Waals surface area contributed by atoms with Crippen LogP contribution in [0, 0.1) is 0 Å². The van der Waals surface area contributed by atoms with Crippen molar-refractivity contribution in [2.75, 3.05) is 0 Å². The number of rotatable bonds is 3. The van der Waals surface area contributed by atoms with E-state index < -0.39 is 0 Å². The maximum Gasteiger partial charge on any atom is 0.199 e. The van der Waals surface area contributed by atoms with Gasteiger partial charge in [-0.2, -0.15) is 0 Å². The van der Waals surface area contributed by atoms with Crippen molar-refractivity contribution < 1.29 is 0 Å². The smallest absolute Gasteiger partial charge is 0.199 e. The van der Waals surface area contributed by atoms with Crippen LogP contribution in [0.25, 0.3) is 61.2 Å². The second kappa shape index (κ2) is 8.25. The van der Waals surface area contributed by atoms with Crippen molar-refractivity contribution in [1.29, 1.82) is 0 Å². The van der Waals surface area contributed by atoms with Crippen LogP contribution in [0.1, 0.15) is 33.3 Å². The lowest BCUT2D eigenvalue weighted by Crippen LogP contribution is -2.10. The highest BCUT2D eigenvalue weighted by molar-refractivity contribution is 6.08. The molecule has 0 radical (unpaired) electrons. The Morgan fingerprint density at radius 2 is 1.37 bits per heavy atom. The Kier molecular flexibility index (Phi) is 4.92. The van der Waals surface area contributed by atoms with Gasteiger partial charge in [-0.25, -0.2) is 15.0 Å². The summed E-state index contributed by atoms with van der Waals surface area (Å²) in [5.41, 5.74) is 9.04. The maximum atomic E-state index is 5.05. The predicted octanol–water partition coefficient (Wildman–Crippen LogP) is 8.06. The van der Waals surface area contributed by atoms with E-state index in [1.165, 1.54) is 27.4 Å². The largest absolute Gasteiger partial charge is 0.341 e. The molecule has 0 aliphatic heterocycles. The molecule has 0 aliphatic rings. The van der Waals surface area contributed by atoms with Gasteiger partial charge < -0.3 is 4.57 Å². The molecule has 186 valence electrons. The van der Waals surface area contributed by atoms with E-state index in [1.54, 1.807) is 0 Å². The third-order valence-electron chi connectivity index (χ3n) is 7.51. The third-order valence-corrected chi connectivity index (χ3v) is 7.51. The number of nitrogens with zero attached hydrogens (tertiary/aromatic N) is 5. The summed E-state index contributed by atoms with van der Waals surface area (Å²) in [6, 6.07) is 32.0. The summed E-state index contributed by atoms with van der Waals surface area (Å²) in [7, 11) is 0. The van der Waals surface area contributed by atoms with Crippen LogP contribution in [-0.4, -0.2) is 24.1 Å². The molecular weight excluding hydrogens is 466 g/mol. The van der Waals surface area contributed by atoms with Crippen LogP contribution in [-0.2, 0) is 12.0 Å². The van der Waals surface area contributed by atoms with E-state index in [0.29, 0.717) is 5.65 Å². The SMILES string of the molecule is CCn1c2ccccc2c2cc(-n3c(-c4ccc(C(C)(C)C)cc4)nc4nc5ccccc5nc43)ccc21. The average Bonchev–Trinajstić information content (AvgIpc) is 3.46. The lowest BCUT2D eigenvalue weighted by Gasteiger charge is -2.19. The first-order valence-corrected chi connectivity index (χ1v) is 13.2. The van der Waals surface area contributed by atoms with Gasteiger partial charge in [-0.1, -0.05) is 75.4 Å². The Morgan fingerprint density at radius 1 is 0.684 bits per heavy atom. The van der Waals surface area contributed by atoms with Gasteiger partial charge in [-0.3, -0.25) is 4.57 Å². The molecule has 7 aromatic rings. The van der Waals surface area contributed by atoms with E-state index in [9.17, 15) is 0 Å². The zero-order valence-electron chi connectivity index (χ0n) is 22.1. The Morgan fingerprint density at radius 3 is 2.11 bits per heavy atom. The standard InChI is InChI=1S/C33H29N5/c1-5-37-28-13-9-6-10-24(28)25-20-23(18-19-29(25)37)38-31(21-14-16-22(17-15-21)33(2,3)4)36-30-32(38)35-27-12-8-7-11-26(27)34-30/h6-20H,5H2,1-4H3. The molecule has 3 aromatic heterocycles. The molecule has 0 unspecified atom stereocenters. The fourth-order valence-electron chi connectivity index (χ4n) is 5.54. The van der Waals surface area contributed by atoms with Crippen LogP contribution < -0.4 is 0 Å². The first-order valence-electron chi connectivity index (χ1n) is 13.2.